The lowest BCUT2D eigenvalue weighted by atomic mass is 9.84. The summed E-state index contributed by atoms with van der Waals surface area (Å²) in [6, 6.07) is 0. The minimum absolute atomic E-state index is 0.0680. The molecular formula is C13H22N4O3S. The first kappa shape index (κ1) is 17.4. The highest BCUT2D eigenvalue weighted by Gasteiger charge is 2.40. The maximum absolute atomic E-state index is 12.4. The maximum Gasteiger partial charge on any atom is 0.292 e. The summed E-state index contributed by atoms with van der Waals surface area (Å²) in [4.78, 5) is 37.2. The molecule has 1 heterocycles. The predicted octanol–water partition coefficient (Wildman–Crippen LogP) is 0.147. The average Bonchev–Trinajstić information content (AvgIpc) is 2.91. The van der Waals surface area contributed by atoms with Crippen molar-refractivity contribution in [1.29, 1.82) is 0 Å². The van der Waals surface area contributed by atoms with E-state index in [4.69, 9.17) is 18.0 Å². The number of hydrogen-bond acceptors (Lipinski definition) is 4. The third-order valence-electron chi connectivity index (χ3n) is 3.85. The zero-order valence-corrected chi connectivity index (χ0v) is 13.4. The summed E-state index contributed by atoms with van der Waals surface area (Å²) in [6.07, 6.45) is 1.82. The largest absolute Gasteiger partial charge is 0.375 e. The quantitative estimate of drug-likeness (QED) is 0.313. The van der Waals surface area contributed by atoms with Crippen LogP contribution in [0.1, 0.15) is 40.0 Å². The first-order chi connectivity index (χ1) is 9.74. The van der Waals surface area contributed by atoms with Crippen LogP contribution in [0.5, 0.6) is 0 Å². The molecule has 0 aliphatic carbocycles. The van der Waals surface area contributed by atoms with Crippen molar-refractivity contribution in [3.8, 4) is 0 Å². The monoisotopic (exact) mass is 314 g/mol. The molecule has 0 unspecified atom stereocenters. The van der Waals surface area contributed by atoms with Gasteiger partial charge in [0.1, 0.15) is 6.17 Å². The van der Waals surface area contributed by atoms with E-state index in [9.17, 15) is 14.4 Å². The molecule has 2 amide bonds. The third-order valence-corrected chi connectivity index (χ3v) is 3.94. The van der Waals surface area contributed by atoms with Gasteiger partial charge in [-0.25, -0.2) is 5.01 Å². The van der Waals surface area contributed by atoms with Crippen LogP contribution in [0.15, 0.2) is 0 Å². The van der Waals surface area contributed by atoms with Gasteiger partial charge in [-0.15, -0.1) is 0 Å². The van der Waals surface area contributed by atoms with Crippen molar-refractivity contribution in [2.24, 2.45) is 11.1 Å². The molecule has 3 N–H and O–H groups in total. The number of carbonyl (C=O) groups excluding carboxylic acids is 3. The highest BCUT2D eigenvalue weighted by Crippen LogP contribution is 2.26. The summed E-state index contributed by atoms with van der Waals surface area (Å²) in [5, 5.41) is 1.07. The van der Waals surface area contributed by atoms with Crippen LogP contribution in [0.4, 0.5) is 0 Å². The molecule has 7 nitrogen and oxygen atoms in total. The number of amides is 2. The van der Waals surface area contributed by atoms with E-state index in [1.54, 1.807) is 13.8 Å². The second-order valence-corrected chi connectivity index (χ2v) is 6.12. The van der Waals surface area contributed by atoms with E-state index in [0.29, 0.717) is 32.2 Å². The molecule has 1 atom stereocenters. The van der Waals surface area contributed by atoms with Gasteiger partial charge in [-0.2, -0.15) is 0 Å². The van der Waals surface area contributed by atoms with Gasteiger partial charge in [0.15, 0.2) is 5.11 Å². The van der Waals surface area contributed by atoms with Gasteiger partial charge in [-0.3, -0.25) is 19.8 Å². The van der Waals surface area contributed by atoms with Crippen molar-refractivity contribution in [1.82, 2.24) is 15.3 Å². The lowest BCUT2D eigenvalue weighted by Gasteiger charge is -2.33. The molecule has 0 bridgehead atoms. The van der Waals surface area contributed by atoms with Gasteiger partial charge in [-0.05, 0) is 31.5 Å². The fourth-order valence-electron chi connectivity index (χ4n) is 2.15. The number of likely N-dealkylation sites (tertiary alicyclic amines) is 1. The molecule has 21 heavy (non-hydrogen) atoms. The Hall–Kier alpha value is -1.70. The van der Waals surface area contributed by atoms with Gasteiger partial charge >= 0.3 is 0 Å². The van der Waals surface area contributed by atoms with Gasteiger partial charge in [0.05, 0.1) is 0 Å². The molecule has 0 radical (unpaired) electrons. The fraction of sp³-hybridized carbons (Fsp3) is 0.692. The van der Waals surface area contributed by atoms with Crippen molar-refractivity contribution in [2.45, 2.75) is 46.2 Å². The van der Waals surface area contributed by atoms with E-state index >= 15 is 0 Å². The van der Waals surface area contributed by atoms with Gasteiger partial charge in [0.2, 0.25) is 12.2 Å². The lowest BCUT2D eigenvalue weighted by molar-refractivity contribution is -0.153. The zero-order valence-electron chi connectivity index (χ0n) is 12.6. The molecule has 8 heteroatoms. The van der Waals surface area contributed by atoms with Crippen LogP contribution in [0.2, 0.25) is 0 Å². The van der Waals surface area contributed by atoms with Crippen LogP contribution in [0.25, 0.3) is 0 Å². The zero-order chi connectivity index (χ0) is 16.2. The highest BCUT2D eigenvalue weighted by atomic mass is 32.1. The third kappa shape index (κ3) is 3.90. The first-order valence-electron chi connectivity index (χ1n) is 6.89. The number of nitrogens with one attached hydrogen (secondary N) is 1. The number of thiocarbonyl (C=S) groups is 1. The normalized spacial score (nSPS) is 18.2. The van der Waals surface area contributed by atoms with Crippen LogP contribution >= 0.6 is 12.2 Å². The molecule has 1 rings (SSSR count). The maximum atomic E-state index is 12.4. The average molecular weight is 314 g/mol. The molecule has 1 saturated heterocycles. The van der Waals surface area contributed by atoms with Crippen LogP contribution in [-0.2, 0) is 14.4 Å². The number of ketones is 1. The number of rotatable bonds is 6. The standard InChI is InChI=1S/C13H22N4O3S/c1-4-13(2,3)10(19)11(20)16-7-5-6-9(16)17(8-18)15-12(14)21/h8-9H,4-7H2,1-3H3,(H3,14,15,21)/t9-/m0/s1. The van der Waals surface area contributed by atoms with E-state index in [2.05, 4.69) is 5.43 Å². The smallest absolute Gasteiger partial charge is 0.292 e. The second-order valence-electron chi connectivity index (χ2n) is 5.68. The summed E-state index contributed by atoms with van der Waals surface area (Å²) in [5.74, 6) is -1.01. The van der Waals surface area contributed by atoms with Gasteiger partial charge in [0.25, 0.3) is 5.91 Å². The van der Waals surface area contributed by atoms with E-state index in [-0.39, 0.29) is 5.11 Å². The Morgan fingerprint density at radius 3 is 2.62 bits per heavy atom. The minimum atomic E-state index is -0.715. The Morgan fingerprint density at radius 2 is 2.14 bits per heavy atom. The Bertz CT molecular complexity index is 453. The van der Waals surface area contributed by atoms with E-state index in [1.807, 2.05) is 6.92 Å². The summed E-state index contributed by atoms with van der Waals surface area (Å²) in [7, 11) is 0. The number of nitrogens with zero attached hydrogens (tertiary/aromatic N) is 2. The molecule has 1 aliphatic heterocycles. The Morgan fingerprint density at radius 1 is 1.52 bits per heavy atom. The van der Waals surface area contributed by atoms with Gasteiger partial charge in [0, 0.05) is 12.0 Å². The number of carbonyl (C=O) groups is 3. The van der Waals surface area contributed by atoms with Crippen molar-refractivity contribution in [2.75, 3.05) is 6.54 Å². The summed E-state index contributed by atoms with van der Waals surface area (Å²) < 4.78 is 0. The van der Waals surface area contributed by atoms with Gasteiger partial charge in [-0.1, -0.05) is 20.8 Å². The molecule has 0 saturated carbocycles. The van der Waals surface area contributed by atoms with Crippen molar-refractivity contribution >= 4 is 35.4 Å². The predicted molar refractivity (Wildman–Crippen MR) is 81.6 cm³/mol. The number of hydrazine groups is 1. The first-order valence-corrected chi connectivity index (χ1v) is 7.30. The molecule has 0 aromatic heterocycles. The van der Waals surface area contributed by atoms with Crippen molar-refractivity contribution in [3.63, 3.8) is 0 Å². The van der Waals surface area contributed by atoms with Crippen LogP contribution in [-0.4, -0.2) is 45.8 Å². The number of Topliss-reactive ketones (excluding diaryl/α,β-unsaturated/α-hetero) is 1. The van der Waals surface area contributed by atoms with Crippen LogP contribution < -0.4 is 11.2 Å². The topological polar surface area (TPSA) is 95.7 Å². The number of nitrogens with two attached hydrogens (primary N) is 1. The molecule has 0 aromatic carbocycles. The fourth-order valence-corrected chi connectivity index (χ4v) is 2.26. The summed E-state index contributed by atoms with van der Waals surface area (Å²) >= 11 is 4.70. The summed E-state index contributed by atoms with van der Waals surface area (Å²) in [6.45, 7) is 5.77. The highest BCUT2D eigenvalue weighted by molar-refractivity contribution is 7.80. The van der Waals surface area contributed by atoms with Gasteiger partial charge < -0.3 is 10.6 Å². The molecule has 0 aromatic rings. The molecule has 118 valence electrons. The van der Waals surface area contributed by atoms with Crippen LogP contribution in [0, 0.1) is 5.41 Å². The van der Waals surface area contributed by atoms with E-state index in [0.717, 1.165) is 5.01 Å². The Labute approximate surface area is 129 Å². The van der Waals surface area contributed by atoms with E-state index in [1.165, 1.54) is 4.90 Å². The minimum Gasteiger partial charge on any atom is -0.375 e. The van der Waals surface area contributed by atoms with Crippen LogP contribution in [0.3, 0.4) is 0 Å². The molecular weight excluding hydrogens is 292 g/mol. The molecule has 0 spiro atoms. The number of hydrogen-bond donors (Lipinski definition) is 2. The molecule has 1 fully saturated rings. The summed E-state index contributed by atoms with van der Waals surface area (Å²) in [5.41, 5.74) is 7.16. The van der Waals surface area contributed by atoms with Crippen molar-refractivity contribution < 1.29 is 14.4 Å². The molecule has 1 aliphatic rings. The van der Waals surface area contributed by atoms with E-state index < -0.39 is 23.3 Å². The Balaban J connectivity index is 2.90. The second kappa shape index (κ2) is 6.84. The van der Waals surface area contributed by atoms with Crippen molar-refractivity contribution in [3.05, 3.63) is 0 Å². The lowest BCUT2D eigenvalue weighted by Crippen LogP contribution is -2.57. The SMILES string of the molecule is CCC(C)(C)C(=O)C(=O)N1CCC[C@@H]1N(C=O)NC(N)=S. The Kier molecular flexibility index (Phi) is 5.65.